The lowest BCUT2D eigenvalue weighted by atomic mass is 10.1. The third-order valence-corrected chi connectivity index (χ3v) is 5.86. The largest absolute Gasteiger partial charge is 0.464 e. The number of carbonyl (C=O) groups is 2. The topological polar surface area (TPSA) is 97.7 Å². The fraction of sp³-hybridized carbons (Fsp3) is 0.625. The van der Waals surface area contributed by atoms with Crippen molar-refractivity contribution in [3.8, 4) is 0 Å². The molecule has 0 bridgehead atoms. The third-order valence-electron chi connectivity index (χ3n) is 3.99. The molecule has 1 amide bonds. The molecule has 1 saturated heterocycles. The molecule has 0 spiro atoms. The van der Waals surface area contributed by atoms with Crippen LogP contribution in [0.5, 0.6) is 0 Å². The molecular weight excluding hydrogens is 346 g/mol. The summed E-state index contributed by atoms with van der Waals surface area (Å²) in [4.78, 5) is 24.2. The maximum atomic E-state index is 13.0. The number of hydrogen-bond donors (Lipinski definition) is 1. The van der Waals surface area contributed by atoms with Crippen molar-refractivity contribution in [2.24, 2.45) is 7.05 Å². The molecule has 0 saturated carbocycles. The van der Waals surface area contributed by atoms with Crippen molar-refractivity contribution in [3.05, 3.63) is 18.0 Å². The highest BCUT2D eigenvalue weighted by molar-refractivity contribution is 7.89. The van der Waals surface area contributed by atoms with E-state index < -0.39 is 27.6 Å². The summed E-state index contributed by atoms with van der Waals surface area (Å²) in [6, 6.07) is 0.532. The zero-order valence-corrected chi connectivity index (χ0v) is 16.0. The van der Waals surface area contributed by atoms with Gasteiger partial charge >= 0.3 is 5.97 Å². The standard InChI is InChI=1S/C16H25N3O5S/c1-16(2,3)17-14(20)12-7-6-8-19(12)25(22,23)11-9-13(15(21)24-5)18(4)10-11/h9-10,12H,6-8H2,1-5H3,(H,17,20)/t12-/m1/s1. The van der Waals surface area contributed by atoms with Gasteiger partial charge in [-0.15, -0.1) is 0 Å². The smallest absolute Gasteiger partial charge is 0.354 e. The van der Waals surface area contributed by atoms with Gasteiger partial charge in [0.25, 0.3) is 0 Å². The number of aryl methyl sites for hydroxylation is 1. The van der Waals surface area contributed by atoms with Crippen LogP contribution < -0.4 is 5.32 Å². The van der Waals surface area contributed by atoms with E-state index in [-0.39, 0.29) is 23.0 Å². The molecule has 25 heavy (non-hydrogen) atoms. The fourth-order valence-corrected chi connectivity index (χ4v) is 4.59. The minimum Gasteiger partial charge on any atom is -0.464 e. The summed E-state index contributed by atoms with van der Waals surface area (Å²) in [7, 11) is -1.09. The van der Waals surface area contributed by atoms with E-state index in [2.05, 4.69) is 10.1 Å². The molecule has 1 aliphatic heterocycles. The molecule has 0 aromatic carbocycles. The predicted octanol–water partition coefficient (Wildman–Crippen LogP) is 0.880. The molecule has 0 aliphatic carbocycles. The number of methoxy groups -OCH3 is 1. The van der Waals surface area contributed by atoms with Crippen molar-refractivity contribution in [1.29, 1.82) is 0 Å². The Hall–Kier alpha value is -1.87. The Morgan fingerprint density at radius 1 is 1.32 bits per heavy atom. The number of hydrogen-bond acceptors (Lipinski definition) is 5. The highest BCUT2D eigenvalue weighted by Gasteiger charge is 2.41. The number of carbonyl (C=O) groups excluding carboxylic acids is 2. The van der Waals surface area contributed by atoms with Gasteiger partial charge in [0.1, 0.15) is 16.6 Å². The Kier molecular flexibility index (Phi) is 5.29. The maximum absolute atomic E-state index is 13.0. The molecule has 1 aliphatic rings. The molecular formula is C16H25N3O5S. The first-order chi connectivity index (χ1) is 11.5. The number of aromatic nitrogens is 1. The second-order valence-electron chi connectivity index (χ2n) is 7.18. The van der Waals surface area contributed by atoms with Crippen LogP contribution in [0, 0.1) is 0 Å². The van der Waals surface area contributed by atoms with Crippen LogP contribution in [0.25, 0.3) is 0 Å². The Morgan fingerprint density at radius 3 is 2.52 bits per heavy atom. The minimum absolute atomic E-state index is 0.0224. The summed E-state index contributed by atoms with van der Waals surface area (Å²) < 4.78 is 33.2. The Labute approximate surface area is 148 Å². The van der Waals surface area contributed by atoms with Crippen LogP contribution in [0.2, 0.25) is 0 Å². The van der Waals surface area contributed by atoms with Crippen molar-refractivity contribution in [1.82, 2.24) is 14.2 Å². The lowest BCUT2D eigenvalue weighted by Gasteiger charge is -2.27. The van der Waals surface area contributed by atoms with Crippen molar-refractivity contribution >= 4 is 21.9 Å². The molecule has 1 N–H and O–H groups in total. The van der Waals surface area contributed by atoms with Gasteiger partial charge in [0, 0.05) is 25.3 Å². The van der Waals surface area contributed by atoms with E-state index in [0.29, 0.717) is 12.8 Å². The number of ether oxygens (including phenoxy) is 1. The molecule has 2 heterocycles. The Morgan fingerprint density at radius 2 is 1.96 bits per heavy atom. The van der Waals surface area contributed by atoms with E-state index >= 15 is 0 Å². The van der Waals surface area contributed by atoms with Gasteiger partial charge in [-0.1, -0.05) is 0 Å². The highest BCUT2D eigenvalue weighted by Crippen LogP contribution is 2.27. The molecule has 1 aromatic rings. The first-order valence-corrected chi connectivity index (χ1v) is 9.50. The van der Waals surface area contributed by atoms with Crippen molar-refractivity contribution in [2.75, 3.05) is 13.7 Å². The molecule has 1 fully saturated rings. The first-order valence-electron chi connectivity index (χ1n) is 8.06. The Balaban J connectivity index is 2.32. The lowest BCUT2D eigenvalue weighted by molar-refractivity contribution is -0.125. The number of amides is 1. The van der Waals surface area contributed by atoms with Crippen LogP contribution in [0.3, 0.4) is 0 Å². The van der Waals surface area contributed by atoms with Gasteiger partial charge in [0.15, 0.2) is 0 Å². The van der Waals surface area contributed by atoms with Crippen molar-refractivity contribution in [2.45, 2.75) is 50.1 Å². The number of nitrogens with one attached hydrogen (secondary N) is 1. The Bertz CT molecular complexity index is 776. The minimum atomic E-state index is -3.89. The van der Waals surface area contributed by atoms with Gasteiger partial charge in [0.2, 0.25) is 15.9 Å². The second-order valence-corrected chi connectivity index (χ2v) is 9.07. The number of esters is 1. The van der Waals surface area contributed by atoms with Gasteiger partial charge in [0.05, 0.1) is 7.11 Å². The van der Waals surface area contributed by atoms with Gasteiger partial charge in [-0.3, -0.25) is 4.79 Å². The van der Waals surface area contributed by atoms with Crippen LogP contribution >= 0.6 is 0 Å². The SMILES string of the molecule is COC(=O)c1cc(S(=O)(=O)N2CCC[C@@H]2C(=O)NC(C)(C)C)cn1C. The van der Waals surface area contributed by atoms with Gasteiger partial charge in [-0.25, -0.2) is 13.2 Å². The average molecular weight is 371 g/mol. The van der Waals surface area contributed by atoms with Crippen LogP contribution in [-0.4, -0.2) is 54.4 Å². The van der Waals surface area contributed by atoms with Gasteiger partial charge in [-0.05, 0) is 39.7 Å². The molecule has 8 nitrogen and oxygen atoms in total. The zero-order valence-electron chi connectivity index (χ0n) is 15.2. The van der Waals surface area contributed by atoms with Gasteiger partial charge in [-0.2, -0.15) is 4.31 Å². The van der Waals surface area contributed by atoms with E-state index in [4.69, 9.17) is 0 Å². The maximum Gasteiger partial charge on any atom is 0.354 e. The summed E-state index contributed by atoms with van der Waals surface area (Å²) in [6.07, 6.45) is 2.44. The van der Waals surface area contributed by atoms with Crippen LogP contribution in [0.4, 0.5) is 0 Å². The normalized spacial score (nSPS) is 19.0. The first kappa shape index (κ1) is 19.5. The van der Waals surface area contributed by atoms with Crippen LogP contribution in [-0.2, 0) is 26.6 Å². The molecule has 140 valence electrons. The number of nitrogens with zero attached hydrogens (tertiary/aromatic N) is 2. The summed E-state index contributed by atoms with van der Waals surface area (Å²) in [5.74, 6) is -0.926. The molecule has 0 radical (unpaired) electrons. The molecule has 2 rings (SSSR count). The van der Waals surface area contributed by atoms with E-state index in [1.807, 2.05) is 20.8 Å². The highest BCUT2D eigenvalue weighted by atomic mass is 32.2. The molecule has 9 heteroatoms. The second kappa shape index (κ2) is 6.80. The van der Waals surface area contributed by atoms with E-state index in [1.54, 1.807) is 7.05 Å². The number of sulfonamides is 1. The molecule has 1 atom stereocenters. The van der Waals surface area contributed by atoms with Gasteiger partial charge < -0.3 is 14.6 Å². The predicted molar refractivity (Wildman–Crippen MR) is 91.6 cm³/mol. The quantitative estimate of drug-likeness (QED) is 0.793. The van der Waals surface area contributed by atoms with Crippen LogP contribution in [0.15, 0.2) is 17.2 Å². The third kappa shape index (κ3) is 4.04. The summed E-state index contributed by atoms with van der Waals surface area (Å²) >= 11 is 0. The van der Waals surface area contributed by atoms with Crippen LogP contribution in [0.1, 0.15) is 44.1 Å². The monoisotopic (exact) mass is 371 g/mol. The molecule has 0 unspecified atom stereocenters. The van der Waals surface area contributed by atoms with Crippen molar-refractivity contribution < 1.29 is 22.7 Å². The summed E-state index contributed by atoms with van der Waals surface area (Å²) in [6.45, 7) is 5.81. The fourth-order valence-electron chi connectivity index (χ4n) is 2.86. The summed E-state index contributed by atoms with van der Waals surface area (Å²) in [5.41, 5.74) is -0.309. The van der Waals surface area contributed by atoms with E-state index in [1.165, 1.54) is 28.2 Å². The molecule has 1 aromatic heterocycles. The van der Waals surface area contributed by atoms with E-state index in [0.717, 1.165) is 0 Å². The lowest BCUT2D eigenvalue weighted by Crippen LogP contribution is -2.51. The van der Waals surface area contributed by atoms with E-state index in [9.17, 15) is 18.0 Å². The van der Waals surface area contributed by atoms with Crippen molar-refractivity contribution in [3.63, 3.8) is 0 Å². The summed E-state index contributed by atoms with van der Waals surface area (Å²) in [5, 5.41) is 2.83. The zero-order chi connectivity index (χ0) is 19.0. The average Bonchev–Trinajstić information content (AvgIpc) is 3.11. The number of rotatable bonds is 4.